The zero-order valence-corrected chi connectivity index (χ0v) is 9.98. The van der Waals surface area contributed by atoms with Crippen molar-refractivity contribution in [2.45, 2.75) is 38.2 Å². The summed E-state index contributed by atoms with van der Waals surface area (Å²) in [7, 11) is 0. The summed E-state index contributed by atoms with van der Waals surface area (Å²) in [6.45, 7) is 8.47. The van der Waals surface area contributed by atoms with E-state index in [1.54, 1.807) is 6.07 Å². The van der Waals surface area contributed by atoms with Crippen LogP contribution in [-0.2, 0) is 5.75 Å². The van der Waals surface area contributed by atoms with Gasteiger partial charge in [-0.3, -0.25) is 0 Å². The van der Waals surface area contributed by atoms with Crippen LogP contribution in [-0.4, -0.2) is 14.7 Å². The molecule has 1 aromatic heterocycles. The molecule has 0 spiro atoms. The maximum Gasteiger partial charge on any atom is 0.140 e. The molecule has 1 rings (SSSR count). The summed E-state index contributed by atoms with van der Waals surface area (Å²) in [4.78, 5) is 8.51. The predicted molar refractivity (Wildman–Crippen MR) is 62.2 cm³/mol. The Hall–Kier alpha value is -0.770. The Balaban J connectivity index is 2.68. The van der Waals surface area contributed by atoms with E-state index >= 15 is 0 Å². The first kappa shape index (κ1) is 11.3. The average molecular weight is 211 g/mol. The lowest BCUT2D eigenvalue weighted by Gasteiger charge is -2.16. The molecule has 78 valence electrons. The van der Waals surface area contributed by atoms with E-state index in [4.69, 9.17) is 5.73 Å². The molecule has 2 N–H and O–H groups in total. The van der Waals surface area contributed by atoms with Crippen LogP contribution in [0.4, 0.5) is 5.82 Å². The lowest BCUT2D eigenvalue weighted by molar-refractivity contribution is 0.799. The number of nitrogens with zero attached hydrogens (tertiary/aromatic N) is 2. The Kier molecular flexibility index (Phi) is 3.37. The molecule has 0 amide bonds. The van der Waals surface area contributed by atoms with E-state index in [9.17, 15) is 0 Å². The third-order valence-corrected chi connectivity index (χ3v) is 2.82. The van der Waals surface area contributed by atoms with E-state index in [1.165, 1.54) is 0 Å². The van der Waals surface area contributed by atoms with Gasteiger partial charge in [-0.05, 0) is 6.92 Å². The van der Waals surface area contributed by atoms with Gasteiger partial charge in [0.2, 0.25) is 0 Å². The predicted octanol–water partition coefficient (Wildman–Crippen LogP) is 2.40. The quantitative estimate of drug-likeness (QED) is 0.816. The minimum Gasteiger partial charge on any atom is -0.384 e. The molecule has 1 heterocycles. The Morgan fingerprint density at radius 3 is 2.50 bits per heavy atom. The van der Waals surface area contributed by atoms with Gasteiger partial charge in [-0.1, -0.05) is 20.8 Å². The number of aromatic nitrogens is 2. The topological polar surface area (TPSA) is 51.8 Å². The molecule has 1 aromatic rings. The van der Waals surface area contributed by atoms with Gasteiger partial charge in [-0.2, -0.15) is 0 Å². The summed E-state index contributed by atoms with van der Waals surface area (Å²) >= 11 is 1.82. The number of rotatable bonds is 2. The highest BCUT2D eigenvalue weighted by Gasteiger charge is 2.11. The van der Waals surface area contributed by atoms with E-state index in [1.807, 2.05) is 18.7 Å². The molecule has 0 unspecified atom stereocenters. The van der Waals surface area contributed by atoms with E-state index < -0.39 is 0 Å². The fourth-order valence-corrected chi connectivity index (χ4v) is 1.69. The van der Waals surface area contributed by atoms with Crippen LogP contribution in [0.5, 0.6) is 0 Å². The lowest BCUT2D eigenvalue weighted by Crippen LogP contribution is -2.09. The highest BCUT2D eigenvalue weighted by Crippen LogP contribution is 2.26. The van der Waals surface area contributed by atoms with Crippen LogP contribution >= 0.6 is 11.8 Å². The maximum absolute atomic E-state index is 5.64. The van der Waals surface area contributed by atoms with Crippen molar-refractivity contribution < 1.29 is 0 Å². The summed E-state index contributed by atoms with van der Waals surface area (Å²) < 4.78 is 0.238. The summed E-state index contributed by atoms with van der Waals surface area (Å²) in [5, 5.41) is 0. The monoisotopic (exact) mass is 211 g/mol. The second kappa shape index (κ2) is 4.17. The minimum absolute atomic E-state index is 0.238. The van der Waals surface area contributed by atoms with Crippen molar-refractivity contribution in [3.05, 3.63) is 17.6 Å². The van der Waals surface area contributed by atoms with Gasteiger partial charge in [0.1, 0.15) is 11.6 Å². The standard InChI is InChI=1S/C10H17N3S/c1-7-5-8(11)13-9(12-7)6-14-10(2,3)4/h5H,6H2,1-4H3,(H2,11,12,13). The minimum atomic E-state index is 0.238. The Bertz CT molecular complexity index is 297. The fraction of sp³-hybridized carbons (Fsp3) is 0.600. The second-order valence-corrected chi connectivity index (χ2v) is 6.05. The molecule has 0 bridgehead atoms. The van der Waals surface area contributed by atoms with Gasteiger partial charge in [0.25, 0.3) is 0 Å². The maximum atomic E-state index is 5.64. The van der Waals surface area contributed by atoms with Crippen molar-refractivity contribution in [1.82, 2.24) is 9.97 Å². The third-order valence-electron chi connectivity index (χ3n) is 1.55. The first-order valence-corrected chi connectivity index (χ1v) is 5.59. The molecule has 0 fully saturated rings. The molecule has 0 saturated carbocycles. The number of hydrogen-bond acceptors (Lipinski definition) is 4. The lowest BCUT2D eigenvalue weighted by atomic mass is 10.3. The van der Waals surface area contributed by atoms with Crippen molar-refractivity contribution in [3.8, 4) is 0 Å². The molecule has 3 nitrogen and oxygen atoms in total. The second-order valence-electron chi connectivity index (χ2n) is 4.25. The highest BCUT2D eigenvalue weighted by atomic mass is 32.2. The van der Waals surface area contributed by atoms with Gasteiger partial charge in [0, 0.05) is 16.5 Å². The normalized spacial score (nSPS) is 11.7. The molecule has 0 aliphatic rings. The number of thioether (sulfide) groups is 1. The van der Waals surface area contributed by atoms with Crippen molar-refractivity contribution >= 4 is 17.6 Å². The Labute approximate surface area is 89.5 Å². The third kappa shape index (κ3) is 3.96. The van der Waals surface area contributed by atoms with Crippen LogP contribution in [0, 0.1) is 6.92 Å². The first-order valence-electron chi connectivity index (χ1n) is 4.61. The molecule has 4 heteroatoms. The van der Waals surface area contributed by atoms with Crippen molar-refractivity contribution in [2.24, 2.45) is 0 Å². The number of nitrogens with two attached hydrogens (primary N) is 1. The van der Waals surface area contributed by atoms with Gasteiger partial charge in [0.05, 0.1) is 5.75 Å². The molecular formula is C10H17N3S. The number of aryl methyl sites for hydroxylation is 1. The molecule has 0 aliphatic heterocycles. The van der Waals surface area contributed by atoms with Crippen LogP contribution < -0.4 is 5.73 Å². The number of anilines is 1. The van der Waals surface area contributed by atoms with Crippen molar-refractivity contribution in [1.29, 1.82) is 0 Å². The zero-order chi connectivity index (χ0) is 10.8. The molecule has 0 atom stereocenters. The summed E-state index contributed by atoms with van der Waals surface area (Å²) in [6.07, 6.45) is 0. The average Bonchev–Trinajstić information content (AvgIpc) is 1.97. The van der Waals surface area contributed by atoms with E-state index in [0.717, 1.165) is 17.3 Å². The van der Waals surface area contributed by atoms with E-state index in [2.05, 4.69) is 30.7 Å². The summed E-state index contributed by atoms with van der Waals surface area (Å²) in [5.74, 6) is 2.19. The van der Waals surface area contributed by atoms with Gasteiger partial charge < -0.3 is 5.73 Å². The van der Waals surface area contributed by atoms with Gasteiger partial charge in [-0.25, -0.2) is 9.97 Å². The van der Waals surface area contributed by atoms with Crippen LogP contribution in [0.15, 0.2) is 6.07 Å². The van der Waals surface area contributed by atoms with Crippen molar-refractivity contribution in [3.63, 3.8) is 0 Å². The highest BCUT2D eigenvalue weighted by molar-refractivity contribution is 7.99. The van der Waals surface area contributed by atoms with Crippen molar-refractivity contribution in [2.75, 3.05) is 5.73 Å². The Morgan fingerprint density at radius 2 is 2.00 bits per heavy atom. The molecule has 0 saturated heterocycles. The Morgan fingerprint density at radius 1 is 1.36 bits per heavy atom. The van der Waals surface area contributed by atoms with Gasteiger partial charge in [0.15, 0.2) is 0 Å². The number of hydrogen-bond donors (Lipinski definition) is 1. The molecule has 0 aliphatic carbocycles. The van der Waals surface area contributed by atoms with Crippen LogP contribution in [0.3, 0.4) is 0 Å². The van der Waals surface area contributed by atoms with Gasteiger partial charge in [-0.15, -0.1) is 11.8 Å². The van der Waals surface area contributed by atoms with Crippen LogP contribution in [0.2, 0.25) is 0 Å². The molecule has 14 heavy (non-hydrogen) atoms. The summed E-state index contributed by atoms with van der Waals surface area (Å²) in [6, 6.07) is 1.78. The zero-order valence-electron chi connectivity index (χ0n) is 9.16. The molecule has 0 aromatic carbocycles. The number of nitrogen functional groups attached to an aromatic ring is 1. The van der Waals surface area contributed by atoms with E-state index in [0.29, 0.717) is 5.82 Å². The van der Waals surface area contributed by atoms with Gasteiger partial charge >= 0.3 is 0 Å². The van der Waals surface area contributed by atoms with Crippen LogP contribution in [0.25, 0.3) is 0 Å². The molecule has 0 radical (unpaired) electrons. The first-order chi connectivity index (χ1) is 6.37. The van der Waals surface area contributed by atoms with Crippen LogP contribution in [0.1, 0.15) is 32.3 Å². The largest absolute Gasteiger partial charge is 0.384 e. The van der Waals surface area contributed by atoms with E-state index in [-0.39, 0.29) is 4.75 Å². The smallest absolute Gasteiger partial charge is 0.140 e. The SMILES string of the molecule is Cc1cc(N)nc(CSC(C)(C)C)n1. The molecular weight excluding hydrogens is 194 g/mol. The fourth-order valence-electron chi connectivity index (χ4n) is 1.00. The summed E-state index contributed by atoms with van der Waals surface area (Å²) in [5.41, 5.74) is 6.57.